The van der Waals surface area contributed by atoms with Gasteiger partial charge in [-0.05, 0) is 73.0 Å². The van der Waals surface area contributed by atoms with Crippen molar-refractivity contribution in [2.75, 3.05) is 49.3 Å². The summed E-state index contributed by atoms with van der Waals surface area (Å²) < 4.78 is 0. The van der Waals surface area contributed by atoms with E-state index in [1.807, 2.05) is 77.8 Å². The van der Waals surface area contributed by atoms with Gasteiger partial charge in [0.15, 0.2) is 0 Å². The zero-order chi connectivity index (χ0) is 38.1. The second-order valence-electron chi connectivity index (χ2n) is 13.3. The largest absolute Gasteiger partial charge is 0.345 e. The van der Waals surface area contributed by atoms with Crippen LogP contribution in [-0.4, -0.2) is 86.2 Å². The molecule has 2 fully saturated rings. The number of nitrogens with one attached hydrogen (secondary N) is 2. The van der Waals surface area contributed by atoms with Gasteiger partial charge in [0, 0.05) is 74.8 Å². The van der Waals surface area contributed by atoms with Gasteiger partial charge < -0.3 is 25.3 Å². The Morgan fingerprint density at radius 1 is 0.655 bits per heavy atom. The van der Waals surface area contributed by atoms with Crippen LogP contribution < -0.4 is 15.5 Å². The smallest absolute Gasteiger partial charge is 0.253 e. The topological polar surface area (TPSA) is 149 Å². The molecular weight excluding hydrogens is 693 g/mol. The van der Waals surface area contributed by atoms with E-state index in [4.69, 9.17) is 0 Å². The summed E-state index contributed by atoms with van der Waals surface area (Å²) in [5.41, 5.74) is 7.42. The minimum atomic E-state index is -0.0429. The lowest BCUT2D eigenvalue weighted by molar-refractivity contribution is -0.117. The second-order valence-corrected chi connectivity index (χ2v) is 13.3. The Morgan fingerprint density at radius 2 is 1.36 bits per heavy atom. The molecule has 2 N–H and O–H groups in total. The predicted molar refractivity (Wildman–Crippen MR) is 212 cm³/mol. The third-order valence-electron chi connectivity index (χ3n) is 9.17. The first-order valence-electron chi connectivity index (χ1n) is 18.0. The molecule has 0 radical (unpaired) electrons. The van der Waals surface area contributed by atoms with Crippen LogP contribution in [0.3, 0.4) is 0 Å². The van der Waals surface area contributed by atoms with Crippen LogP contribution in [0.4, 0.5) is 28.7 Å². The van der Waals surface area contributed by atoms with Crippen LogP contribution in [0.2, 0.25) is 0 Å². The Kier molecular flexibility index (Phi) is 11.1. The number of hydrogen-bond acceptors (Lipinski definition) is 10. The highest BCUT2D eigenvalue weighted by Crippen LogP contribution is 2.26. The average Bonchev–Trinajstić information content (AvgIpc) is 3.64. The maximum Gasteiger partial charge on any atom is 0.253 e. The van der Waals surface area contributed by atoms with E-state index in [-0.39, 0.29) is 17.7 Å². The predicted octanol–water partition coefficient (Wildman–Crippen LogP) is 6.84. The van der Waals surface area contributed by atoms with E-state index < -0.39 is 0 Å². The molecule has 276 valence electrons. The molecule has 0 unspecified atom stereocenters. The first-order valence-corrected chi connectivity index (χ1v) is 18.0. The molecule has 2 aromatic carbocycles. The van der Waals surface area contributed by atoms with Gasteiger partial charge in [0.25, 0.3) is 11.8 Å². The van der Waals surface area contributed by atoms with Crippen LogP contribution in [0.5, 0.6) is 0 Å². The fourth-order valence-electron chi connectivity index (χ4n) is 6.03. The highest BCUT2D eigenvalue weighted by molar-refractivity contribution is 5.96. The Morgan fingerprint density at radius 3 is 1.98 bits per heavy atom. The zero-order valence-electron chi connectivity index (χ0n) is 30.6. The molecule has 8 rings (SSSR count). The highest BCUT2D eigenvalue weighted by Gasteiger charge is 2.23. The van der Waals surface area contributed by atoms with E-state index in [0.717, 1.165) is 77.6 Å². The number of pyridine rings is 3. The van der Waals surface area contributed by atoms with Crippen molar-refractivity contribution in [3.05, 3.63) is 133 Å². The molecule has 0 atom stereocenters. The lowest BCUT2D eigenvalue weighted by Gasteiger charge is -2.30. The third kappa shape index (κ3) is 8.96. The van der Waals surface area contributed by atoms with Gasteiger partial charge in [-0.1, -0.05) is 24.3 Å². The van der Waals surface area contributed by atoms with Crippen molar-refractivity contribution in [1.29, 1.82) is 0 Å². The number of hydrogen-bond donors (Lipinski definition) is 2. The standard InChI is InChI=1S/C22H22N6O2.C20H18N4O/c1-27(2)22(30)16-7-5-15(6-8-16)19-13-25-20(14-24-19)26-17-10-18(12-23-11-17)28-9-3-4-21(28)29;25-20(24-11-2-12-24)16-6-4-15(5-7-16)17-8-9-19(22-13-17)23-18-3-1-10-21-14-18/h5-8,10-14H,3-4,9H2,1-2H3,(H,25,26);1,3-10,13-14H,2,11-12H2,(H,22,23). The van der Waals surface area contributed by atoms with Crippen molar-refractivity contribution in [2.24, 2.45) is 0 Å². The van der Waals surface area contributed by atoms with Crippen molar-refractivity contribution in [3.8, 4) is 22.4 Å². The van der Waals surface area contributed by atoms with Gasteiger partial charge in [0.1, 0.15) is 11.6 Å². The summed E-state index contributed by atoms with van der Waals surface area (Å²) in [5, 5.41) is 6.38. The lowest BCUT2D eigenvalue weighted by atomic mass is 10.0. The van der Waals surface area contributed by atoms with Gasteiger partial charge >= 0.3 is 0 Å². The highest BCUT2D eigenvalue weighted by atomic mass is 16.2. The quantitative estimate of drug-likeness (QED) is 0.162. The Labute approximate surface area is 319 Å². The van der Waals surface area contributed by atoms with Crippen LogP contribution in [0.1, 0.15) is 40.0 Å². The van der Waals surface area contributed by atoms with E-state index in [1.54, 1.807) is 73.2 Å². The molecule has 6 heterocycles. The summed E-state index contributed by atoms with van der Waals surface area (Å²) >= 11 is 0. The van der Waals surface area contributed by atoms with Crippen LogP contribution >= 0.6 is 0 Å². The van der Waals surface area contributed by atoms with Crippen molar-refractivity contribution >= 4 is 46.4 Å². The van der Waals surface area contributed by atoms with Crippen molar-refractivity contribution in [2.45, 2.75) is 19.3 Å². The first kappa shape index (κ1) is 36.3. The van der Waals surface area contributed by atoms with E-state index in [2.05, 4.69) is 35.6 Å². The van der Waals surface area contributed by atoms with Crippen LogP contribution in [-0.2, 0) is 4.79 Å². The summed E-state index contributed by atoms with van der Waals surface area (Å²) in [6.07, 6.45) is 14.5. The molecule has 0 spiro atoms. The molecule has 4 aromatic heterocycles. The molecular formula is C42H40N10O3. The van der Waals surface area contributed by atoms with E-state index in [1.165, 1.54) is 0 Å². The molecule has 0 saturated carbocycles. The maximum absolute atomic E-state index is 12.2. The monoisotopic (exact) mass is 732 g/mol. The normalized spacial score (nSPS) is 13.3. The summed E-state index contributed by atoms with van der Waals surface area (Å²) in [6, 6.07) is 24.6. The molecule has 6 aromatic rings. The molecule has 0 bridgehead atoms. The number of aromatic nitrogens is 5. The number of benzene rings is 2. The van der Waals surface area contributed by atoms with Gasteiger partial charge in [0.2, 0.25) is 5.91 Å². The van der Waals surface area contributed by atoms with Gasteiger partial charge in [-0.15, -0.1) is 0 Å². The molecule has 2 aliphatic rings. The van der Waals surface area contributed by atoms with Gasteiger partial charge in [-0.2, -0.15) is 0 Å². The minimum Gasteiger partial charge on any atom is -0.345 e. The molecule has 2 aliphatic heterocycles. The maximum atomic E-state index is 12.2. The van der Waals surface area contributed by atoms with Crippen molar-refractivity contribution < 1.29 is 14.4 Å². The number of carbonyl (C=O) groups is 3. The van der Waals surface area contributed by atoms with Gasteiger partial charge in [-0.3, -0.25) is 29.3 Å². The molecule has 2 saturated heterocycles. The number of likely N-dealkylation sites (tertiary alicyclic amines) is 1. The Hall–Kier alpha value is -7.02. The fraction of sp³-hybridized carbons (Fsp3) is 0.190. The number of amides is 3. The number of nitrogens with zero attached hydrogens (tertiary/aromatic N) is 8. The van der Waals surface area contributed by atoms with Crippen LogP contribution in [0.25, 0.3) is 22.4 Å². The summed E-state index contributed by atoms with van der Waals surface area (Å²) in [5.74, 6) is 1.54. The molecule has 13 nitrogen and oxygen atoms in total. The molecule has 13 heteroatoms. The Balaban J connectivity index is 0.000000172. The number of anilines is 5. The third-order valence-corrected chi connectivity index (χ3v) is 9.17. The summed E-state index contributed by atoms with van der Waals surface area (Å²) in [6.45, 7) is 2.46. The lowest BCUT2D eigenvalue weighted by Crippen LogP contribution is -2.41. The van der Waals surface area contributed by atoms with Gasteiger partial charge in [-0.25, -0.2) is 9.97 Å². The summed E-state index contributed by atoms with van der Waals surface area (Å²) in [4.78, 5) is 62.9. The minimum absolute atomic E-state index is 0.0429. The Bertz CT molecular complexity index is 2240. The van der Waals surface area contributed by atoms with Crippen molar-refractivity contribution in [3.63, 3.8) is 0 Å². The number of carbonyl (C=O) groups excluding carboxylic acids is 3. The second kappa shape index (κ2) is 16.8. The fourth-order valence-corrected chi connectivity index (χ4v) is 6.03. The molecule has 3 amide bonds. The summed E-state index contributed by atoms with van der Waals surface area (Å²) in [7, 11) is 3.45. The average molecular weight is 733 g/mol. The molecule has 0 aliphatic carbocycles. The number of rotatable bonds is 9. The van der Waals surface area contributed by atoms with Gasteiger partial charge in [0.05, 0.1) is 53.7 Å². The zero-order valence-corrected chi connectivity index (χ0v) is 30.6. The molecule has 55 heavy (non-hydrogen) atoms. The SMILES string of the molecule is CN(C)C(=O)c1ccc(-c2cnc(Nc3cncc(N4CCCC4=O)c3)cn2)cc1.O=C(c1ccc(-c2ccc(Nc3cccnc3)nc2)cc1)N1CCC1. The van der Waals surface area contributed by atoms with Crippen LogP contribution in [0.15, 0.2) is 122 Å². The van der Waals surface area contributed by atoms with Crippen molar-refractivity contribution in [1.82, 2.24) is 34.7 Å². The van der Waals surface area contributed by atoms with E-state index >= 15 is 0 Å². The first-order chi connectivity index (χ1) is 26.8. The van der Waals surface area contributed by atoms with Crippen LogP contribution in [0, 0.1) is 0 Å². The van der Waals surface area contributed by atoms with E-state index in [9.17, 15) is 14.4 Å². The van der Waals surface area contributed by atoms with E-state index in [0.29, 0.717) is 23.5 Å².